The van der Waals surface area contributed by atoms with E-state index in [1.54, 1.807) is 0 Å². The van der Waals surface area contributed by atoms with Crippen LogP contribution in [0.4, 0.5) is 0 Å². The van der Waals surface area contributed by atoms with Crippen molar-refractivity contribution >= 4 is 5.91 Å². The number of hydrogen-bond donors (Lipinski definition) is 2. The average molecular weight is 288 g/mol. The summed E-state index contributed by atoms with van der Waals surface area (Å²) in [6.07, 6.45) is 6.72. The molecule has 0 aromatic heterocycles. The van der Waals surface area contributed by atoms with E-state index in [-0.39, 0.29) is 11.9 Å². The Morgan fingerprint density at radius 2 is 1.95 bits per heavy atom. The van der Waals surface area contributed by atoms with Crippen LogP contribution < -0.4 is 11.1 Å². The molecule has 1 aliphatic rings. The number of nitrogens with one attached hydrogen (secondary N) is 1. The summed E-state index contributed by atoms with van der Waals surface area (Å²) in [5.74, 6) is 0.659. The molecular weight excluding hydrogens is 260 g/mol. The predicted molar refractivity (Wildman–Crippen MR) is 87.2 cm³/mol. The van der Waals surface area contributed by atoms with Gasteiger partial charge in [0.1, 0.15) is 0 Å². The lowest BCUT2D eigenvalue weighted by atomic mass is 9.84. The fourth-order valence-electron chi connectivity index (χ4n) is 3.26. The van der Waals surface area contributed by atoms with Crippen molar-refractivity contribution in [3.63, 3.8) is 0 Å². The lowest BCUT2D eigenvalue weighted by Crippen LogP contribution is -2.46. The number of rotatable bonds is 5. The highest BCUT2D eigenvalue weighted by Crippen LogP contribution is 2.26. The van der Waals surface area contributed by atoms with E-state index in [2.05, 4.69) is 31.3 Å². The maximum atomic E-state index is 12.3. The maximum Gasteiger partial charge on any atom is 0.224 e. The molecule has 21 heavy (non-hydrogen) atoms. The van der Waals surface area contributed by atoms with Crippen molar-refractivity contribution in [2.45, 2.75) is 58.4 Å². The van der Waals surface area contributed by atoms with Crippen LogP contribution in [0, 0.1) is 19.8 Å². The summed E-state index contributed by atoms with van der Waals surface area (Å²) in [5.41, 5.74) is 9.46. The van der Waals surface area contributed by atoms with Gasteiger partial charge in [0, 0.05) is 12.6 Å². The van der Waals surface area contributed by atoms with E-state index >= 15 is 0 Å². The van der Waals surface area contributed by atoms with Crippen molar-refractivity contribution in [3.05, 3.63) is 34.9 Å². The van der Waals surface area contributed by atoms with Gasteiger partial charge in [0.15, 0.2) is 0 Å². The Labute approximate surface area is 128 Å². The minimum absolute atomic E-state index is 0.0966. The highest BCUT2D eigenvalue weighted by molar-refractivity contribution is 5.79. The molecule has 0 saturated heterocycles. The third kappa shape index (κ3) is 4.57. The minimum atomic E-state index is 0.0966. The van der Waals surface area contributed by atoms with E-state index < -0.39 is 0 Å². The van der Waals surface area contributed by atoms with Gasteiger partial charge in [0.2, 0.25) is 5.91 Å². The molecule has 0 bridgehead atoms. The number of aryl methyl sites for hydroxylation is 2. The van der Waals surface area contributed by atoms with Crippen molar-refractivity contribution < 1.29 is 4.79 Å². The Hall–Kier alpha value is -1.35. The number of hydrogen-bond acceptors (Lipinski definition) is 2. The second-order valence-corrected chi connectivity index (χ2v) is 6.40. The van der Waals surface area contributed by atoms with Crippen LogP contribution in [0.25, 0.3) is 0 Å². The fourth-order valence-corrected chi connectivity index (χ4v) is 3.26. The first-order valence-electron chi connectivity index (χ1n) is 8.15. The number of carbonyl (C=O) groups excluding carboxylic acids is 1. The molecule has 2 rings (SSSR count). The molecule has 3 heteroatoms. The van der Waals surface area contributed by atoms with E-state index in [0.29, 0.717) is 18.9 Å². The maximum absolute atomic E-state index is 12.3. The summed E-state index contributed by atoms with van der Waals surface area (Å²) < 4.78 is 0. The Morgan fingerprint density at radius 3 is 2.57 bits per heavy atom. The third-order valence-corrected chi connectivity index (χ3v) is 4.76. The van der Waals surface area contributed by atoms with Crippen LogP contribution in [0.15, 0.2) is 18.2 Å². The molecule has 1 aromatic rings. The lowest BCUT2D eigenvalue weighted by Gasteiger charge is -2.30. The van der Waals surface area contributed by atoms with Crippen molar-refractivity contribution in [1.29, 1.82) is 0 Å². The van der Waals surface area contributed by atoms with Crippen molar-refractivity contribution in [2.75, 3.05) is 6.54 Å². The topological polar surface area (TPSA) is 55.1 Å². The Balaban J connectivity index is 1.91. The van der Waals surface area contributed by atoms with Gasteiger partial charge >= 0.3 is 0 Å². The molecule has 3 nitrogen and oxygen atoms in total. The zero-order chi connectivity index (χ0) is 15.2. The van der Waals surface area contributed by atoms with Crippen LogP contribution in [-0.2, 0) is 11.2 Å². The summed E-state index contributed by atoms with van der Waals surface area (Å²) >= 11 is 0. The van der Waals surface area contributed by atoms with Crippen molar-refractivity contribution in [3.8, 4) is 0 Å². The Bertz CT molecular complexity index is 478. The van der Waals surface area contributed by atoms with Gasteiger partial charge < -0.3 is 11.1 Å². The lowest BCUT2D eigenvalue weighted by molar-refractivity contribution is -0.121. The van der Waals surface area contributed by atoms with Gasteiger partial charge in [-0.25, -0.2) is 0 Å². The SMILES string of the molecule is Cc1ccc(CC(=O)NC(CN)C2CCCCC2)cc1C. The number of nitrogens with two attached hydrogens (primary N) is 1. The minimum Gasteiger partial charge on any atom is -0.352 e. The molecule has 0 radical (unpaired) electrons. The fraction of sp³-hybridized carbons (Fsp3) is 0.611. The monoisotopic (exact) mass is 288 g/mol. The van der Waals surface area contributed by atoms with Gasteiger partial charge in [0.05, 0.1) is 6.42 Å². The van der Waals surface area contributed by atoms with Crippen LogP contribution in [0.1, 0.15) is 48.8 Å². The van der Waals surface area contributed by atoms with E-state index in [1.807, 2.05) is 6.07 Å². The molecule has 116 valence electrons. The van der Waals surface area contributed by atoms with Gasteiger partial charge in [0.25, 0.3) is 0 Å². The number of amides is 1. The first kappa shape index (κ1) is 16.0. The molecule has 1 aromatic carbocycles. The summed E-state index contributed by atoms with van der Waals surface area (Å²) in [4.78, 5) is 12.3. The Morgan fingerprint density at radius 1 is 1.24 bits per heavy atom. The van der Waals surface area contributed by atoms with Gasteiger partial charge in [-0.3, -0.25) is 4.79 Å². The molecule has 0 heterocycles. The third-order valence-electron chi connectivity index (χ3n) is 4.76. The van der Waals surface area contributed by atoms with E-state index in [1.165, 1.54) is 43.2 Å². The second kappa shape index (κ2) is 7.60. The molecule has 0 spiro atoms. The van der Waals surface area contributed by atoms with Crippen molar-refractivity contribution in [1.82, 2.24) is 5.32 Å². The van der Waals surface area contributed by atoms with Gasteiger partial charge in [-0.1, -0.05) is 37.5 Å². The van der Waals surface area contributed by atoms with Gasteiger partial charge in [-0.05, 0) is 49.3 Å². The summed E-state index contributed by atoms with van der Waals surface area (Å²) in [6.45, 7) is 4.72. The highest BCUT2D eigenvalue weighted by Gasteiger charge is 2.23. The molecule has 1 atom stereocenters. The molecule has 1 saturated carbocycles. The zero-order valence-corrected chi connectivity index (χ0v) is 13.3. The predicted octanol–water partition coefficient (Wildman–Crippen LogP) is 2.87. The van der Waals surface area contributed by atoms with Crippen LogP contribution in [0.2, 0.25) is 0 Å². The number of carbonyl (C=O) groups is 1. The van der Waals surface area contributed by atoms with Crippen LogP contribution in [0.3, 0.4) is 0 Å². The van der Waals surface area contributed by atoms with E-state index in [0.717, 1.165) is 5.56 Å². The quantitative estimate of drug-likeness (QED) is 0.875. The molecule has 1 aliphatic carbocycles. The van der Waals surface area contributed by atoms with Crippen molar-refractivity contribution in [2.24, 2.45) is 11.7 Å². The number of benzene rings is 1. The van der Waals surface area contributed by atoms with Crippen LogP contribution in [0.5, 0.6) is 0 Å². The molecular formula is C18H28N2O. The normalized spacial score (nSPS) is 17.5. The summed E-state index contributed by atoms with van der Waals surface area (Å²) in [7, 11) is 0. The zero-order valence-electron chi connectivity index (χ0n) is 13.3. The van der Waals surface area contributed by atoms with E-state index in [4.69, 9.17) is 5.73 Å². The van der Waals surface area contributed by atoms with E-state index in [9.17, 15) is 4.79 Å². The smallest absolute Gasteiger partial charge is 0.224 e. The Kier molecular flexibility index (Phi) is 5.80. The first-order valence-corrected chi connectivity index (χ1v) is 8.15. The molecule has 1 amide bonds. The molecule has 1 unspecified atom stereocenters. The average Bonchev–Trinajstić information content (AvgIpc) is 2.49. The highest BCUT2D eigenvalue weighted by atomic mass is 16.1. The largest absolute Gasteiger partial charge is 0.352 e. The molecule has 1 fully saturated rings. The first-order chi connectivity index (χ1) is 10.1. The van der Waals surface area contributed by atoms with Gasteiger partial charge in [-0.15, -0.1) is 0 Å². The second-order valence-electron chi connectivity index (χ2n) is 6.40. The summed E-state index contributed by atoms with van der Waals surface area (Å²) in [6, 6.07) is 6.37. The molecule has 0 aliphatic heterocycles. The van der Waals surface area contributed by atoms with Crippen LogP contribution in [-0.4, -0.2) is 18.5 Å². The summed E-state index contributed by atoms with van der Waals surface area (Å²) in [5, 5.41) is 3.16. The van der Waals surface area contributed by atoms with Gasteiger partial charge in [-0.2, -0.15) is 0 Å². The van der Waals surface area contributed by atoms with Crippen LogP contribution >= 0.6 is 0 Å². The standard InChI is InChI=1S/C18H28N2O/c1-13-8-9-15(10-14(13)2)11-18(21)20-17(12-19)16-6-4-3-5-7-16/h8-10,16-17H,3-7,11-12,19H2,1-2H3,(H,20,21). The molecule has 3 N–H and O–H groups in total.